The number of hydrogen-bond donors (Lipinski definition) is 3. The molecule has 0 aliphatic carbocycles. The average Bonchev–Trinajstić information content (AvgIpc) is 2.49. The standard InChI is InChI=1S/C14H21N3O4/c1-2-20-12-4-6-13(7-5-12)21-11-17-14(19)16-9-3-8-15-10-18/h4-7,10H,2-3,8-9,11H2,1H3,(H,15,18)(H2,16,17,19). The average molecular weight is 295 g/mol. The van der Waals surface area contributed by atoms with E-state index < -0.39 is 0 Å². The van der Waals surface area contributed by atoms with E-state index in [0.29, 0.717) is 38.3 Å². The Morgan fingerprint density at radius 3 is 2.38 bits per heavy atom. The third kappa shape index (κ3) is 7.66. The normalized spacial score (nSPS) is 9.57. The first-order valence-corrected chi connectivity index (χ1v) is 6.80. The molecule has 116 valence electrons. The van der Waals surface area contributed by atoms with E-state index in [9.17, 15) is 9.59 Å². The largest absolute Gasteiger partial charge is 0.494 e. The van der Waals surface area contributed by atoms with E-state index in [1.807, 2.05) is 6.92 Å². The Morgan fingerprint density at radius 2 is 1.76 bits per heavy atom. The van der Waals surface area contributed by atoms with Crippen LogP contribution in [0.2, 0.25) is 0 Å². The minimum atomic E-state index is -0.313. The quantitative estimate of drug-likeness (QED) is 0.339. The van der Waals surface area contributed by atoms with Gasteiger partial charge in [0.25, 0.3) is 0 Å². The molecule has 7 heteroatoms. The molecule has 0 bridgehead atoms. The molecule has 0 heterocycles. The number of carbonyl (C=O) groups excluding carboxylic acids is 2. The van der Waals surface area contributed by atoms with Crippen LogP contribution in [0.5, 0.6) is 11.5 Å². The van der Waals surface area contributed by atoms with Crippen molar-refractivity contribution in [1.29, 1.82) is 0 Å². The van der Waals surface area contributed by atoms with Crippen molar-refractivity contribution >= 4 is 12.4 Å². The van der Waals surface area contributed by atoms with E-state index in [4.69, 9.17) is 9.47 Å². The molecule has 0 atom stereocenters. The summed E-state index contributed by atoms with van der Waals surface area (Å²) in [5.74, 6) is 1.42. The maximum absolute atomic E-state index is 11.4. The van der Waals surface area contributed by atoms with E-state index in [0.717, 1.165) is 5.75 Å². The van der Waals surface area contributed by atoms with Gasteiger partial charge in [0.15, 0.2) is 6.73 Å². The Balaban J connectivity index is 2.12. The second kappa shape index (κ2) is 10.4. The Morgan fingerprint density at radius 1 is 1.10 bits per heavy atom. The molecule has 1 aromatic carbocycles. The van der Waals surface area contributed by atoms with Gasteiger partial charge in [-0.1, -0.05) is 0 Å². The van der Waals surface area contributed by atoms with E-state index in [-0.39, 0.29) is 12.8 Å². The van der Waals surface area contributed by atoms with Crippen molar-refractivity contribution in [3.05, 3.63) is 24.3 Å². The topological polar surface area (TPSA) is 88.7 Å². The molecule has 0 spiro atoms. The van der Waals surface area contributed by atoms with Crippen LogP contribution in [0.4, 0.5) is 4.79 Å². The Labute approximate surface area is 124 Å². The lowest BCUT2D eigenvalue weighted by atomic mass is 10.3. The third-order valence-electron chi connectivity index (χ3n) is 2.47. The molecule has 3 amide bonds. The minimum absolute atomic E-state index is 0.0758. The van der Waals surface area contributed by atoms with Gasteiger partial charge >= 0.3 is 6.03 Å². The lowest BCUT2D eigenvalue weighted by Gasteiger charge is -2.10. The molecule has 7 nitrogen and oxygen atoms in total. The van der Waals surface area contributed by atoms with Crippen LogP contribution in [0.25, 0.3) is 0 Å². The predicted molar refractivity (Wildman–Crippen MR) is 78.3 cm³/mol. The van der Waals surface area contributed by atoms with Crippen LogP contribution in [-0.4, -0.2) is 38.9 Å². The van der Waals surface area contributed by atoms with Gasteiger partial charge in [-0.3, -0.25) is 4.79 Å². The first-order chi connectivity index (χ1) is 10.3. The SMILES string of the molecule is CCOc1ccc(OCNC(=O)NCCCNC=O)cc1. The summed E-state index contributed by atoms with van der Waals surface area (Å²) in [6.45, 7) is 3.63. The Hall–Kier alpha value is -2.44. The molecule has 1 aromatic rings. The maximum atomic E-state index is 11.4. The molecule has 1 rings (SSSR count). The molecule has 0 aliphatic heterocycles. The van der Waals surface area contributed by atoms with Gasteiger partial charge in [-0.2, -0.15) is 0 Å². The number of amides is 3. The number of nitrogens with one attached hydrogen (secondary N) is 3. The number of urea groups is 1. The van der Waals surface area contributed by atoms with Crippen molar-refractivity contribution in [2.75, 3.05) is 26.4 Å². The second-order valence-corrected chi connectivity index (χ2v) is 4.05. The fourth-order valence-corrected chi connectivity index (χ4v) is 1.50. The van der Waals surface area contributed by atoms with Crippen LogP contribution in [0, 0.1) is 0 Å². The highest BCUT2D eigenvalue weighted by Gasteiger charge is 1.99. The van der Waals surface area contributed by atoms with Crippen molar-refractivity contribution in [2.45, 2.75) is 13.3 Å². The van der Waals surface area contributed by atoms with Crippen LogP contribution in [0.3, 0.4) is 0 Å². The summed E-state index contributed by atoms with van der Waals surface area (Å²) in [7, 11) is 0. The highest BCUT2D eigenvalue weighted by molar-refractivity contribution is 5.73. The zero-order valence-electron chi connectivity index (χ0n) is 12.1. The number of carbonyl (C=O) groups is 2. The van der Waals surface area contributed by atoms with Crippen LogP contribution in [0.15, 0.2) is 24.3 Å². The highest BCUT2D eigenvalue weighted by atomic mass is 16.5. The molecule has 0 fully saturated rings. The Bertz CT molecular complexity index is 423. The van der Waals surface area contributed by atoms with Gasteiger partial charge in [-0.25, -0.2) is 4.79 Å². The summed E-state index contributed by atoms with van der Waals surface area (Å²) in [4.78, 5) is 21.4. The lowest BCUT2D eigenvalue weighted by Crippen LogP contribution is -2.38. The summed E-state index contributed by atoms with van der Waals surface area (Å²) in [6, 6.07) is 6.84. The summed E-state index contributed by atoms with van der Waals surface area (Å²) in [5.41, 5.74) is 0. The van der Waals surface area contributed by atoms with E-state index >= 15 is 0 Å². The van der Waals surface area contributed by atoms with Crippen LogP contribution < -0.4 is 25.4 Å². The minimum Gasteiger partial charge on any atom is -0.494 e. The molecule has 0 radical (unpaired) electrons. The summed E-state index contributed by atoms with van der Waals surface area (Å²) in [6.07, 6.45) is 1.30. The molecule has 0 aliphatic rings. The first kappa shape index (κ1) is 16.6. The van der Waals surface area contributed by atoms with E-state index in [2.05, 4.69) is 16.0 Å². The van der Waals surface area contributed by atoms with Crippen molar-refractivity contribution < 1.29 is 19.1 Å². The molecular weight excluding hydrogens is 274 g/mol. The van der Waals surface area contributed by atoms with Gasteiger partial charge in [-0.15, -0.1) is 0 Å². The van der Waals surface area contributed by atoms with Crippen LogP contribution in [-0.2, 0) is 4.79 Å². The van der Waals surface area contributed by atoms with Gasteiger partial charge in [-0.05, 0) is 37.6 Å². The van der Waals surface area contributed by atoms with Gasteiger partial charge in [0.05, 0.1) is 6.61 Å². The molecule has 0 aromatic heterocycles. The molecule has 0 saturated heterocycles. The number of benzene rings is 1. The van der Waals surface area contributed by atoms with Gasteiger partial charge in [0, 0.05) is 13.1 Å². The van der Waals surface area contributed by atoms with Crippen LogP contribution >= 0.6 is 0 Å². The molecule has 21 heavy (non-hydrogen) atoms. The monoisotopic (exact) mass is 295 g/mol. The molecule has 0 unspecified atom stereocenters. The fraction of sp³-hybridized carbons (Fsp3) is 0.429. The highest BCUT2D eigenvalue weighted by Crippen LogP contribution is 2.16. The fourth-order valence-electron chi connectivity index (χ4n) is 1.50. The zero-order chi connectivity index (χ0) is 15.3. The number of rotatable bonds is 10. The number of ether oxygens (including phenoxy) is 2. The van der Waals surface area contributed by atoms with E-state index in [1.165, 1.54) is 0 Å². The smallest absolute Gasteiger partial charge is 0.317 e. The molecule has 0 saturated carbocycles. The van der Waals surface area contributed by atoms with Gasteiger partial charge in [0.1, 0.15) is 11.5 Å². The van der Waals surface area contributed by atoms with Gasteiger partial charge in [0.2, 0.25) is 6.41 Å². The third-order valence-corrected chi connectivity index (χ3v) is 2.47. The maximum Gasteiger partial charge on any atom is 0.317 e. The molecule has 3 N–H and O–H groups in total. The van der Waals surface area contributed by atoms with Crippen LogP contribution in [0.1, 0.15) is 13.3 Å². The number of hydrogen-bond acceptors (Lipinski definition) is 4. The zero-order valence-corrected chi connectivity index (χ0v) is 12.1. The summed E-state index contributed by atoms with van der Waals surface area (Å²) in [5, 5.41) is 7.73. The second-order valence-electron chi connectivity index (χ2n) is 4.05. The van der Waals surface area contributed by atoms with Crippen molar-refractivity contribution in [1.82, 2.24) is 16.0 Å². The Kier molecular flexibility index (Phi) is 8.20. The summed E-state index contributed by atoms with van der Waals surface area (Å²) < 4.78 is 10.7. The predicted octanol–water partition coefficient (Wildman–Crippen LogP) is 0.857. The van der Waals surface area contributed by atoms with Gasteiger partial charge < -0.3 is 25.4 Å². The van der Waals surface area contributed by atoms with Crippen molar-refractivity contribution in [3.8, 4) is 11.5 Å². The first-order valence-electron chi connectivity index (χ1n) is 6.80. The van der Waals surface area contributed by atoms with Crippen molar-refractivity contribution in [3.63, 3.8) is 0 Å². The van der Waals surface area contributed by atoms with E-state index in [1.54, 1.807) is 24.3 Å². The summed E-state index contributed by atoms with van der Waals surface area (Å²) >= 11 is 0. The lowest BCUT2D eigenvalue weighted by molar-refractivity contribution is -0.109. The molecular formula is C14H21N3O4. The van der Waals surface area contributed by atoms with Crippen molar-refractivity contribution in [2.24, 2.45) is 0 Å².